The molecule has 0 bridgehead atoms. The van der Waals surface area contributed by atoms with Crippen LogP contribution in [0.25, 0.3) is 0 Å². The summed E-state index contributed by atoms with van der Waals surface area (Å²) in [6, 6.07) is 6.29. The number of likely N-dealkylation sites (tertiary alicyclic amines) is 1. The lowest BCUT2D eigenvalue weighted by atomic mass is 10.1. The molecule has 1 amide bonds. The van der Waals surface area contributed by atoms with Crippen molar-refractivity contribution in [2.75, 3.05) is 19.3 Å². The molecule has 0 radical (unpaired) electrons. The molecule has 1 aromatic carbocycles. The van der Waals surface area contributed by atoms with Crippen molar-refractivity contribution >= 4 is 15.7 Å². The maximum atomic E-state index is 12.4. The molecule has 1 fully saturated rings. The van der Waals surface area contributed by atoms with Gasteiger partial charge in [-0.3, -0.25) is 4.79 Å². The second kappa shape index (κ2) is 5.30. The van der Waals surface area contributed by atoms with E-state index in [4.69, 9.17) is 5.73 Å². The summed E-state index contributed by atoms with van der Waals surface area (Å²) in [7, 11) is -3.41. The lowest BCUT2D eigenvalue weighted by Crippen LogP contribution is -2.46. The number of hydrogen-bond donors (Lipinski definition) is 1. The molecule has 0 spiro atoms. The van der Waals surface area contributed by atoms with Gasteiger partial charge in [0.15, 0.2) is 9.84 Å². The van der Waals surface area contributed by atoms with E-state index in [0.29, 0.717) is 13.1 Å². The number of sulfone groups is 1. The summed E-state index contributed by atoms with van der Waals surface area (Å²) in [6.45, 7) is 1.11. The third kappa shape index (κ3) is 3.13. The quantitative estimate of drug-likeness (QED) is 0.864. The van der Waals surface area contributed by atoms with Gasteiger partial charge < -0.3 is 10.6 Å². The van der Waals surface area contributed by atoms with Crippen LogP contribution in [0.5, 0.6) is 0 Å². The largest absolute Gasteiger partial charge is 0.337 e. The van der Waals surface area contributed by atoms with Crippen LogP contribution >= 0.6 is 0 Å². The normalized spacial score (nSPS) is 20.3. The summed E-state index contributed by atoms with van der Waals surface area (Å²) < 4.78 is 23.4. The van der Waals surface area contributed by atoms with Crippen LogP contribution in [0.3, 0.4) is 0 Å². The fraction of sp³-hybridized carbons (Fsp3) is 0.462. The van der Waals surface area contributed by atoms with E-state index in [9.17, 15) is 13.2 Å². The topological polar surface area (TPSA) is 80.5 Å². The number of carbonyl (C=O) groups is 1. The van der Waals surface area contributed by atoms with Crippen LogP contribution in [0.1, 0.15) is 23.2 Å². The van der Waals surface area contributed by atoms with Crippen molar-refractivity contribution < 1.29 is 13.2 Å². The molecule has 104 valence electrons. The number of carbonyl (C=O) groups excluding carboxylic acids is 1. The highest BCUT2D eigenvalue weighted by Crippen LogP contribution is 2.19. The smallest absolute Gasteiger partial charge is 0.255 e. The Hall–Kier alpha value is -1.40. The third-order valence-corrected chi connectivity index (χ3v) is 4.42. The van der Waals surface area contributed by atoms with Gasteiger partial charge in [0, 0.05) is 25.4 Å². The Balaban J connectivity index is 2.34. The molecule has 0 saturated carbocycles. The Morgan fingerprint density at radius 3 is 2.68 bits per heavy atom. The van der Waals surface area contributed by atoms with Crippen molar-refractivity contribution in [2.24, 2.45) is 5.73 Å². The second-order valence-corrected chi connectivity index (χ2v) is 6.91. The van der Waals surface area contributed by atoms with Gasteiger partial charge in [-0.2, -0.15) is 0 Å². The SMILES string of the molecule is CS(=O)(=O)c1ccccc1C(=O)N1CCCC(N)C1. The Morgan fingerprint density at radius 2 is 2.05 bits per heavy atom. The van der Waals surface area contributed by atoms with Crippen LogP contribution in [0.2, 0.25) is 0 Å². The minimum Gasteiger partial charge on any atom is -0.337 e. The van der Waals surface area contributed by atoms with Gasteiger partial charge in [0.1, 0.15) is 0 Å². The Labute approximate surface area is 113 Å². The molecule has 2 N–H and O–H groups in total. The Bertz CT molecular complexity index is 583. The van der Waals surface area contributed by atoms with E-state index in [0.717, 1.165) is 19.1 Å². The highest BCUT2D eigenvalue weighted by Gasteiger charge is 2.26. The molecule has 1 atom stereocenters. The molecule has 0 aromatic heterocycles. The second-order valence-electron chi connectivity index (χ2n) is 4.92. The molecule has 1 saturated heterocycles. The summed E-state index contributed by atoms with van der Waals surface area (Å²) >= 11 is 0. The number of nitrogens with two attached hydrogens (primary N) is 1. The molecule has 5 nitrogen and oxygen atoms in total. The summed E-state index contributed by atoms with van der Waals surface area (Å²) in [5.41, 5.74) is 6.09. The zero-order chi connectivity index (χ0) is 14.0. The van der Waals surface area contributed by atoms with Crippen LogP contribution in [-0.2, 0) is 9.84 Å². The summed E-state index contributed by atoms with van der Waals surface area (Å²) in [5.74, 6) is -0.254. The van der Waals surface area contributed by atoms with Crippen LogP contribution in [-0.4, -0.2) is 44.6 Å². The van der Waals surface area contributed by atoms with Crippen LogP contribution < -0.4 is 5.73 Å². The monoisotopic (exact) mass is 282 g/mol. The minimum absolute atomic E-state index is 0.0249. The van der Waals surface area contributed by atoms with E-state index in [-0.39, 0.29) is 22.4 Å². The standard InChI is InChI=1S/C13H18N2O3S/c1-19(17,18)12-7-3-2-6-11(12)13(16)15-8-4-5-10(14)9-15/h2-3,6-7,10H,4-5,8-9,14H2,1H3. The van der Waals surface area contributed by atoms with Gasteiger partial charge in [0.25, 0.3) is 5.91 Å². The first-order valence-electron chi connectivity index (χ1n) is 6.23. The van der Waals surface area contributed by atoms with Crippen LogP contribution in [0.15, 0.2) is 29.2 Å². The number of benzene rings is 1. The molecule has 1 aliphatic rings. The maximum absolute atomic E-state index is 12.4. The highest BCUT2D eigenvalue weighted by molar-refractivity contribution is 7.90. The molecule has 6 heteroatoms. The molecule has 1 aromatic rings. The van der Waals surface area contributed by atoms with Gasteiger partial charge >= 0.3 is 0 Å². The molecule has 2 rings (SSSR count). The number of piperidine rings is 1. The van der Waals surface area contributed by atoms with Gasteiger partial charge in [-0.05, 0) is 25.0 Å². The van der Waals surface area contributed by atoms with E-state index < -0.39 is 9.84 Å². The predicted molar refractivity (Wildman–Crippen MR) is 72.7 cm³/mol. The van der Waals surface area contributed by atoms with Gasteiger partial charge in [0.2, 0.25) is 0 Å². The van der Waals surface area contributed by atoms with Crippen molar-refractivity contribution in [3.05, 3.63) is 29.8 Å². The van der Waals surface area contributed by atoms with Crippen molar-refractivity contribution in [1.82, 2.24) is 4.90 Å². The first-order chi connectivity index (χ1) is 8.89. The van der Waals surface area contributed by atoms with Crippen molar-refractivity contribution in [3.63, 3.8) is 0 Å². The Kier molecular flexibility index (Phi) is 3.91. The molecule has 19 heavy (non-hydrogen) atoms. The molecular weight excluding hydrogens is 264 g/mol. The molecular formula is C13H18N2O3S. The van der Waals surface area contributed by atoms with Gasteiger partial charge in [0.05, 0.1) is 10.5 Å². The summed E-state index contributed by atoms with van der Waals surface area (Å²) in [5, 5.41) is 0. The Morgan fingerprint density at radius 1 is 1.37 bits per heavy atom. The molecule has 0 aliphatic carbocycles. The lowest BCUT2D eigenvalue weighted by Gasteiger charge is -2.31. The van der Waals surface area contributed by atoms with Crippen LogP contribution in [0, 0.1) is 0 Å². The fourth-order valence-corrected chi connectivity index (χ4v) is 3.21. The van der Waals surface area contributed by atoms with Gasteiger partial charge in [-0.15, -0.1) is 0 Å². The zero-order valence-corrected chi connectivity index (χ0v) is 11.7. The lowest BCUT2D eigenvalue weighted by molar-refractivity contribution is 0.0705. The summed E-state index contributed by atoms with van der Waals surface area (Å²) in [6.07, 6.45) is 2.87. The molecule has 1 unspecified atom stereocenters. The fourth-order valence-electron chi connectivity index (χ4n) is 2.33. The first-order valence-corrected chi connectivity index (χ1v) is 8.12. The molecule has 1 aliphatic heterocycles. The van der Waals surface area contributed by atoms with E-state index in [1.807, 2.05) is 0 Å². The van der Waals surface area contributed by atoms with Gasteiger partial charge in [-0.25, -0.2) is 8.42 Å². The van der Waals surface area contributed by atoms with Crippen molar-refractivity contribution in [2.45, 2.75) is 23.8 Å². The van der Waals surface area contributed by atoms with E-state index >= 15 is 0 Å². The van der Waals surface area contributed by atoms with Crippen LogP contribution in [0.4, 0.5) is 0 Å². The number of amides is 1. The van der Waals surface area contributed by atoms with E-state index in [1.54, 1.807) is 23.1 Å². The van der Waals surface area contributed by atoms with Gasteiger partial charge in [-0.1, -0.05) is 12.1 Å². The number of hydrogen-bond acceptors (Lipinski definition) is 4. The first kappa shape index (κ1) is 14.0. The number of rotatable bonds is 2. The van der Waals surface area contributed by atoms with Crippen molar-refractivity contribution in [3.8, 4) is 0 Å². The number of nitrogens with zero attached hydrogens (tertiary/aromatic N) is 1. The van der Waals surface area contributed by atoms with Crippen molar-refractivity contribution in [1.29, 1.82) is 0 Å². The van der Waals surface area contributed by atoms with E-state index in [2.05, 4.69) is 0 Å². The van der Waals surface area contributed by atoms with E-state index in [1.165, 1.54) is 6.07 Å². The maximum Gasteiger partial charge on any atom is 0.255 e. The predicted octanol–water partition coefficient (Wildman–Crippen LogP) is 0.653. The average Bonchev–Trinajstić information content (AvgIpc) is 2.37. The molecule has 1 heterocycles. The average molecular weight is 282 g/mol. The highest BCUT2D eigenvalue weighted by atomic mass is 32.2. The zero-order valence-electron chi connectivity index (χ0n) is 10.9. The summed E-state index contributed by atoms with van der Waals surface area (Å²) in [4.78, 5) is 14.1. The third-order valence-electron chi connectivity index (χ3n) is 3.26. The minimum atomic E-state index is -3.41.